The van der Waals surface area contributed by atoms with Gasteiger partial charge in [0.05, 0.1) is 32.8 Å². The Morgan fingerprint density at radius 2 is 0.789 bits per heavy atom. The quantitative estimate of drug-likeness (QED) is 0.245. The molecule has 0 radical (unpaired) electrons. The minimum atomic E-state index is -0.192. The molecule has 0 aliphatic heterocycles. The first kappa shape index (κ1) is 22.4. The zero-order valence-electron chi connectivity index (χ0n) is 20.9. The van der Waals surface area contributed by atoms with Crippen LogP contribution in [0, 0.1) is 0 Å². The Bertz CT molecular complexity index is 2230. The first-order chi connectivity index (χ1) is 18.5. The van der Waals surface area contributed by atoms with Gasteiger partial charge in [0.15, 0.2) is 21.7 Å². The van der Waals surface area contributed by atoms with Gasteiger partial charge in [-0.15, -0.1) is 0 Å². The van der Waals surface area contributed by atoms with E-state index in [4.69, 9.17) is 0 Å². The van der Waals surface area contributed by atoms with Crippen LogP contribution in [0.1, 0.15) is 13.8 Å². The third-order valence-electron chi connectivity index (χ3n) is 7.84. The monoisotopic (exact) mass is 498 g/mol. The Morgan fingerprint density at radius 3 is 1.13 bits per heavy atom. The smallest absolute Gasteiger partial charge is 0.196 e. The van der Waals surface area contributed by atoms with Gasteiger partial charge < -0.3 is 9.13 Å². The molecule has 0 saturated carbocycles. The number of benzene rings is 6. The summed E-state index contributed by atoms with van der Waals surface area (Å²) in [5.41, 5.74) is 2.04. The van der Waals surface area contributed by atoms with Crippen LogP contribution in [0.3, 0.4) is 0 Å². The average Bonchev–Trinajstić information content (AvgIpc) is 2.96. The molecule has 7 aromatic rings. The van der Waals surface area contributed by atoms with E-state index in [0.29, 0.717) is 67.2 Å². The number of rotatable bonds is 2. The van der Waals surface area contributed by atoms with E-state index in [-0.39, 0.29) is 21.7 Å². The standard InChI is InChI=1S/C32H22N2O4/c1-3-33-23-15-13-22-26(32(38)20-12-8-6-10-18(20)30(22)36)28(23)34(4-2)24-16-14-21-25(27(24)33)31(37)19-11-7-5-9-17(19)29(21)35/h5-16H,3-4H2,1-2H3. The van der Waals surface area contributed by atoms with Crippen LogP contribution in [0.5, 0.6) is 0 Å². The van der Waals surface area contributed by atoms with Gasteiger partial charge in [0, 0.05) is 45.4 Å². The number of aromatic nitrogens is 2. The number of nitrogens with zero attached hydrogens (tertiary/aromatic N) is 2. The van der Waals surface area contributed by atoms with Gasteiger partial charge in [0.1, 0.15) is 0 Å². The SMILES string of the molecule is CCn1c2ccc3c(=O)c4ccccc4c(=O)c3c2n(CC)c2ccc3c(=O)c4ccccc4c(=O)c3c21. The van der Waals surface area contributed by atoms with Crippen LogP contribution >= 0.6 is 0 Å². The summed E-state index contributed by atoms with van der Waals surface area (Å²) in [6.45, 7) is 4.93. The van der Waals surface area contributed by atoms with Crippen molar-refractivity contribution in [3.05, 3.63) is 114 Å². The zero-order chi connectivity index (χ0) is 26.3. The lowest BCUT2D eigenvalue weighted by Crippen LogP contribution is -2.19. The van der Waals surface area contributed by atoms with Gasteiger partial charge in [0.25, 0.3) is 0 Å². The maximum atomic E-state index is 13.9. The molecule has 0 atom stereocenters. The lowest BCUT2D eigenvalue weighted by molar-refractivity contribution is 0.780. The van der Waals surface area contributed by atoms with Gasteiger partial charge in [0.2, 0.25) is 0 Å². The lowest BCUT2D eigenvalue weighted by atomic mass is 9.98. The molecule has 0 spiro atoms. The van der Waals surface area contributed by atoms with E-state index in [1.54, 1.807) is 60.7 Å². The van der Waals surface area contributed by atoms with E-state index in [1.165, 1.54) is 0 Å². The van der Waals surface area contributed by atoms with Crippen molar-refractivity contribution in [1.82, 2.24) is 9.13 Å². The molecule has 0 aliphatic rings. The fourth-order valence-electron chi connectivity index (χ4n) is 6.20. The number of hydrogen-bond donors (Lipinski definition) is 0. The Labute approximate surface area is 214 Å². The number of hydrogen-bond acceptors (Lipinski definition) is 4. The highest BCUT2D eigenvalue weighted by atomic mass is 16.1. The van der Waals surface area contributed by atoms with Gasteiger partial charge in [-0.1, -0.05) is 48.5 Å². The first-order valence-electron chi connectivity index (χ1n) is 12.7. The van der Waals surface area contributed by atoms with E-state index in [2.05, 4.69) is 0 Å². The third-order valence-corrected chi connectivity index (χ3v) is 7.84. The summed E-state index contributed by atoms with van der Waals surface area (Å²) < 4.78 is 3.99. The van der Waals surface area contributed by atoms with Crippen LogP contribution in [-0.4, -0.2) is 9.13 Å². The maximum Gasteiger partial charge on any atom is 0.196 e. The fraction of sp³-hybridized carbons (Fsp3) is 0.125. The van der Waals surface area contributed by atoms with Crippen LogP contribution in [-0.2, 0) is 13.1 Å². The van der Waals surface area contributed by atoms with Gasteiger partial charge in [-0.05, 0) is 38.1 Å². The summed E-state index contributed by atoms with van der Waals surface area (Å²) in [4.78, 5) is 54.6. The Hall–Kier alpha value is -4.84. The fourth-order valence-corrected chi connectivity index (χ4v) is 6.20. The molecule has 7 rings (SSSR count). The molecule has 6 heteroatoms. The van der Waals surface area contributed by atoms with Crippen LogP contribution in [0.25, 0.3) is 65.2 Å². The minimum absolute atomic E-state index is 0.175. The van der Waals surface area contributed by atoms with Crippen molar-refractivity contribution in [2.45, 2.75) is 26.9 Å². The molecule has 0 N–H and O–H groups in total. The Balaban J connectivity index is 1.84. The van der Waals surface area contributed by atoms with E-state index >= 15 is 0 Å². The Kier molecular flexibility index (Phi) is 4.61. The largest absolute Gasteiger partial charge is 0.338 e. The topological polar surface area (TPSA) is 78.1 Å². The summed E-state index contributed by atoms with van der Waals surface area (Å²) in [5, 5.41) is 3.12. The van der Waals surface area contributed by atoms with Gasteiger partial charge in [-0.2, -0.15) is 0 Å². The van der Waals surface area contributed by atoms with Crippen LogP contribution < -0.4 is 21.7 Å². The van der Waals surface area contributed by atoms with E-state index < -0.39 is 0 Å². The van der Waals surface area contributed by atoms with Crippen LogP contribution in [0.4, 0.5) is 0 Å². The van der Waals surface area contributed by atoms with Crippen molar-refractivity contribution >= 4 is 65.2 Å². The molecule has 6 aromatic carbocycles. The molecular weight excluding hydrogens is 476 g/mol. The molecule has 184 valence electrons. The van der Waals surface area contributed by atoms with Gasteiger partial charge in [-0.3, -0.25) is 19.2 Å². The van der Waals surface area contributed by atoms with Crippen molar-refractivity contribution in [3.8, 4) is 0 Å². The second kappa shape index (κ2) is 7.83. The molecule has 0 unspecified atom stereocenters. The molecule has 0 amide bonds. The summed E-state index contributed by atoms with van der Waals surface area (Å²) in [7, 11) is 0. The number of aryl methyl sites for hydroxylation is 2. The zero-order valence-corrected chi connectivity index (χ0v) is 20.9. The van der Waals surface area contributed by atoms with Crippen LogP contribution in [0.2, 0.25) is 0 Å². The second-order valence-corrected chi connectivity index (χ2v) is 9.61. The lowest BCUT2D eigenvalue weighted by Gasteiger charge is -2.22. The van der Waals surface area contributed by atoms with Crippen molar-refractivity contribution in [2.75, 3.05) is 0 Å². The highest BCUT2D eigenvalue weighted by Crippen LogP contribution is 2.32. The molecule has 1 heterocycles. The Morgan fingerprint density at radius 1 is 0.447 bits per heavy atom. The highest BCUT2D eigenvalue weighted by molar-refractivity contribution is 6.15. The molecular formula is C32H22N2O4. The predicted molar refractivity (Wildman–Crippen MR) is 155 cm³/mol. The molecule has 0 bridgehead atoms. The maximum absolute atomic E-state index is 13.9. The van der Waals surface area contributed by atoms with Crippen molar-refractivity contribution in [1.29, 1.82) is 0 Å². The molecule has 0 fully saturated rings. The first-order valence-corrected chi connectivity index (χ1v) is 12.7. The normalized spacial score (nSPS) is 12.1. The summed E-state index contributed by atoms with van der Waals surface area (Å²) in [5.74, 6) is 0. The summed E-state index contributed by atoms with van der Waals surface area (Å²) in [6, 6.07) is 21.0. The van der Waals surface area contributed by atoms with E-state index in [0.717, 1.165) is 11.0 Å². The molecule has 1 aromatic heterocycles. The predicted octanol–water partition coefficient (Wildman–Crippen LogP) is 5.13. The van der Waals surface area contributed by atoms with Crippen molar-refractivity contribution in [3.63, 3.8) is 0 Å². The number of fused-ring (bicyclic) bond motifs is 8. The van der Waals surface area contributed by atoms with E-state index in [9.17, 15) is 19.2 Å². The average molecular weight is 499 g/mol. The second-order valence-electron chi connectivity index (χ2n) is 9.61. The van der Waals surface area contributed by atoms with Crippen molar-refractivity contribution < 1.29 is 0 Å². The van der Waals surface area contributed by atoms with E-state index in [1.807, 2.05) is 35.1 Å². The van der Waals surface area contributed by atoms with Crippen LogP contribution in [0.15, 0.2) is 92.0 Å². The minimum Gasteiger partial charge on any atom is -0.338 e. The summed E-state index contributed by atoms with van der Waals surface area (Å²) >= 11 is 0. The molecule has 0 saturated heterocycles. The molecule has 38 heavy (non-hydrogen) atoms. The summed E-state index contributed by atoms with van der Waals surface area (Å²) in [6.07, 6.45) is 0. The van der Waals surface area contributed by atoms with Gasteiger partial charge in [-0.25, -0.2) is 0 Å². The highest BCUT2D eigenvalue weighted by Gasteiger charge is 2.21. The van der Waals surface area contributed by atoms with Gasteiger partial charge >= 0.3 is 0 Å². The van der Waals surface area contributed by atoms with Crippen molar-refractivity contribution in [2.24, 2.45) is 0 Å². The molecule has 6 nitrogen and oxygen atoms in total. The third kappa shape index (κ3) is 2.66. The molecule has 0 aliphatic carbocycles.